The lowest BCUT2D eigenvalue weighted by Crippen LogP contribution is -2.29. The van der Waals surface area contributed by atoms with Gasteiger partial charge >= 0.3 is 27.6 Å². The second kappa shape index (κ2) is 33.7. The van der Waals surface area contributed by atoms with Gasteiger partial charge in [0, 0.05) is 31.1 Å². The number of ether oxygens (including phenoxy) is 2. The Morgan fingerprint density at radius 3 is 1.88 bits per heavy atom. The number of allylic oxidation sites excluding steroid dienone is 3. The van der Waals surface area contributed by atoms with E-state index in [1.165, 1.54) is 51.4 Å². The number of unbranched alkanes of at least 4 members (excludes halogenated alkanes) is 15. The molecule has 0 aromatic heterocycles. The van der Waals surface area contributed by atoms with E-state index in [-0.39, 0.29) is 31.0 Å². The number of aliphatic hydroxyl groups is 3. The summed E-state index contributed by atoms with van der Waals surface area (Å²) in [4.78, 5) is 65.4. The highest BCUT2D eigenvalue weighted by atomic mass is 31.2. The zero-order valence-corrected chi connectivity index (χ0v) is 37.8. The zero-order valence-electron chi connectivity index (χ0n) is 36.0. The van der Waals surface area contributed by atoms with Crippen LogP contribution in [0.2, 0.25) is 0 Å². The van der Waals surface area contributed by atoms with Crippen molar-refractivity contribution in [3.63, 3.8) is 0 Å². The van der Waals surface area contributed by atoms with E-state index < -0.39 is 84.3 Å². The molecular weight excluding hydrogens is 822 g/mol. The van der Waals surface area contributed by atoms with Crippen molar-refractivity contribution in [2.24, 2.45) is 11.8 Å². The van der Waals surface area contributed by atoms with Crippen LogP contribution in [0.1, 0.15) is 162 Å². The molecule has 0 spiro atoms. The summed E-state index contributed by atoms with van der Waals surface area (Å²) in [5.41, 5.74) is 0. The fourth-order valence-corrected chi connectivity index (χ4v) is 7.90. The van der Waals surface area contributed by atoms with Crippen molar-refractivity contribution in [2.75, 3.05) is 26.4 Å². The molecule has 18 heteroatoms. The van der Waals surface area contributed by atoms with Crippen molar-refractivity contribution in [1.29, 1.82) is 0 Å². The minimum Gasteiger partial charge on any atom is -0.462 e. The third kappa shape index (κ3) is 30.3. The third-order valence-electron chi connectivity index (χ3n) is 10.2. The van der Waals surface area contributed by atoms with Crippen LogP contribution in [0.4, 0.5) is 0 Å². The average Bonchev–Trinajstić information content (AvgIpc) is 3.46. The van der Waals surface area contributed by atoms with Gasteiger partial charge in [-0.1, -0.05) is 134 Å². The molecule has 1 unspecified atom stereocenters. The Balaban J connectivity index is 2.59. The minimum absolute atomic E-state index is 0.0546. The first-order chi connectivity index (χ1) is 28.6. The Labute approximate surface area is 357 Å². The van der Waals surface area contributed by atoms with E-state index in [4.69, 9.17) is 23.8 Å². The standard InChI is InChI=1S/C42H76O16P2/c1-3-5-7-8-9-10-11-12-13-14-15-16-21-25-41(47)54-32-36(33-57-60(52,53)56-31-35(44)30-55-59(49,50)51)58-42(48)26-22-18-17-20-24-37-38(40(46)29-39(37)45)28-27-34(43)23-19-6-4-2/h17,20,27-28,34-39,43-45H,3-16,18-19,21-26,29-33H2,1-2H3,(H,52,53)(H2,49,50,51)/b20-17-,28-27+/t34-,35-,36+,37+,38+,39-/m0/s1. The number of hydrogen-bond acceptors (Lipinski definition) is 13. The molecule has 7 atom stereocenters. The number of phosphoric ester groups is 2. The van der Waals surface area contributed by atoms with Crippen LogP contribution in [0.3, 0.4) is 0 Å². The number of hydrogen-bond donors (Lipinski definition) is 6. The van der Waals surface area contributed by atoms with E-state index in [1.807, 2.05) is 12.2 Å². The number of carbonyl (C=O) groups is 3. The highest BCUT2D eigenvalue weighted by Crippen LogP contribution is 2.44. The Morgan fingerprint density at radius 2 is 1.27 bits per heavy atom. The first kappa shape index (κ1) is 56.2. The lowest BCUT2D eigenvalue weighted by Gasteiger charge is -2.20. The topological polar surface area (TPSA) is 253 Å². The fraction of sp³-hybridized carbons (Fsp3) is 0.833. The second-order valence-corrected chi connectivity index (χ2v) is 18.5. The Morgan fingerprint density at radius 1 is 0.717 bits per heavy atom. The van der Waals surface area contributed by atoms with Crippen LogP contribution < -0.4 is 0 Å². The van der Waals surface area contributed by atoms with Gasteiger partial charge in [0.05, 0.1) is 32.0 Å². The predicted octanol–water partition coefficient (Wildman–Crippen LogP) is 7.71. The maximum atomic E-state index is 12.8. The van der Waals surface area contributed by atoms with Crippen molar-refractivity contribution in [2.45, 2.75) is 186 Å². The number of esters is 2. The number of rotatable bonds is 38. The average molecular weight is 899 g/mol. The normalized spacial score (nSPS) is 19.8. The van der Waals surface area contributed by atoms with Crippen LogP contribution in [-0.2, 0) is 46.6 Å². The molecule has 1 aliphatic rings. The molecular formula is C42H76O16P2. The predicted molar refractivity (Wildman–Crippen MR) is 226 cm³/mol. The highest BCUT2D eigenvalue weighted by molar-refractivity contribution is 7.47. The largest absolute Gasteiger partial charge is 0.472 e. The van der Waals surface area contributed by atoms with Crippen LogP contribution in [-0.4, -0.2) is 98.6 Å². The molecule has 1 aliphatic carbocycles. The van der Waals surface area contributed by atoms with E-state index in [0.29, 0.717) is 32.1 Å². The van der Waals surface area contributed by atoms with Crippen molar-refractivity contribution in [3.8, 4) is 0 Å². The number of aliphatic hydroxyl groups excluding tert-OH is 3. The quantitative estimate of drug-likeness (QED) is 0.0150. The van der Waals surface area contributed by atoms with Crippen LogP contribution >= 0.6 is 15.6 Å². The summed E-state index contributed by atoms with van der Waals surface area (Å²) in [6.07, 6.45) is 22.6. The number of Topliss-reactive ketones (excluding diaryl/α,β-unsaturated/α-hetero) is 1. The summed E-state index contributed by atoms with van der Waals surface area (Å²) in [6, 6.07) is 0. The summed E-state index contributed by atoms with van der Waals surface area (Å²) in [6.45, 7) is 1.35. The van der Waals surface area contributed by atoms with E-state index in [2.05, 4.69) is 22.9 Å². The molecule has 1 saturated carbocycles. The van der Waals surface area contributed by atoms with Gasteiger partial charge in [0.1, 0.15) is 18.5 Å². The zero-order chi connectivity index (χ0) is 44.7. The van der Waals surface area contributed by atoms with Gasteiger partial charge in [0.2, 0.25) is 0 Å². The van der Waals surface area contributed by atoms with Gasteiger partial charge in [-0.3, -0.25) is 28.0 Å². The van der Waals surface area contributed by atoms with Gasteiger partial charge in [0.15, 0.2) is 6.10 Å². The van der Waals surface area contributed by atoms with Gasteiger partial charge in [-0.2, -0.15) is 0 Å². The monoisotopic (exact) mass is 898 g/mol. The summed E-state index contributed by atoms with van der Waals surface area (Å²) >= 11 is 0. The van der Waals surface area contributed by atoms with E-state index in [0.717, 1.165) is 44.9 Å². The van der Waals surface area contributed by atoms with E-state index >= 15 is 0 Å². The summed E-state index contributed by atoms with van der Waals surface area (Å²) in [5.74, 6) is -2.11. The number of ketones is 1. The van der Waals surface area contributed by atoms with E-state index in [1.54, 1.807) is 12.2 Å². The van der Waals surface area contributed by atoms with Crippen molar-refractivity contribution in [3.05, 3.63) is 24.3 Å². The van der Waals surface area contributed by atoms with Crippen molar-refractivity contribution < 1.29 is 76.6 Å². The maximum absolute atomic E-state index is 12.8. The Hall–Kier alpha value is -1.81. The first-order valence-corrected chi connectivity index (χ1v) is 25.2. The molecule has 60 heavy (non-hydrogen) atoms. The van der Waals surface area contributed by atoms with Crippen molar-refractivity contribution >= 4 is 33.4 Å². The molecule has 1 fully saturated rings. The molecule has 0 aliphatic heterocycles. The molecule has 0 saturated heterocycles. The van der Waals surface area contributed by atoms with Crippen LogP contribution in [0.15, 0.2) is 24.3 Å². The smallest absolute Gasteiger partial charge is 0.462 e. The molecule has 0 bridgehead atoms. The van der Waals surface area contributed by atoms with Crippen LogP contribution in [0.5, 0.6) is 0 Å². The molecule has 0 aromatic carbocycles. The van der Waals surface area contributed by atoms with E-state index in [9.17, 15) is 43.7 Å². The Kier molecular flexibility index (Phi) is 31.6. The second-order valence-electron chi connectivity index (χ2n) is 15.8. The highest BCUT2D eigenvalue weighted by Gasteiger charge is 2.39. The number of phosphoric acid groups is 2. The fourth-order valence-electron chi connectivity index (χ4n) is 6.74. The summed E-state index contributed by atoms with van der Waals surface area (Å²) in [7, 11) is -9.77. The molecule has 0 heterocycles. The minimum atomic E-state index is -4.90. The molecule has 16 nitrogen and oxygen atoms in total. The lowest BCUT2D eigenvalue weighted by molar-refractivity contribution is -0.161. The Bertz CT molecular complexity index is 1320. The molecule has 6 N–H and O–H groups in total. The van der Waals surface area contributed by atoms with Gasteiger partial charge in [0.25, 0.3) is 0 Å². The number of carbonyl (C=O) groups excluding carboxylic acids is 3. The SMILES string of the molecule is CCCCCCCCCCCCCCCC(=O)OC[C@H](COP(=O)(O)OC[C@@H](O)COP(=O)(O)O)OC(=O)CCC/C=C\C[C@H]1[C@@H](O)CC(=O)[C@@H]1/C=C/[C@@H](O)CCCCC. The van der Waals surface area contributed by atoms with Gasteiger partial charge < -0.3 is 39.5 Å². The molecule has 0 aromatic rings. The van der Waals surface area contributed by atoms with Crippen LogP contribution in [0.25, 0.3) is 0 Å². The molecule has 0 amide bonds. The maximum Gasteiger partial charge on any atom is 0.472 e. The summed E-state index contributed by atoms with van der Waals surface area (Å²) in [5, 5.41) is 30.5. The molecule has 1 rings (SSSR count). The first-order valence-electron chi connectivity index (χ1n) is 22.1. The van der Waals surface area contributed by atoms with Gasteiger partial charge in [-0.05, 0) is 32.1 Å². The third-order valence-corrected chi connectivity index (χ3v) is 11.6. The van der Waals surface area contributed by atoms with Gasteiger partial charge in [-0.25, -0.2) is 9.13 Å². The summed E-state index contributed by atoms with van der Waals surface area (Å²) < 4.78 is 47.7. The molecule has 0 radical (unpaired) electrons. The lowest BCUT2D eigenvalue weighted by atomic mass is 9.90. The molecule has 350 valence electrons. The van der Waals surface area contributed by atoms with Crippen LogP contribution in [0, 0.1) is 11.8 Å². The van der Waals surface area contributed by atoms with Gasteiger partial charge in [-0.15, -0.1) is 0 Å². The van der Waals surface area contributed by atoms with Crippen molar-refractivity contribution in [1.82, 2.24) is 0 Å².